The van der Waals surface area contributed by atoms with E-state index < -0.39 is 0 Å². The summed E-state index contributed by atoms with van der Waals surface area (Å²) in [6, 6.07) is 6.72. The van der Waals surface area contributed by atoms with Gasteiger partial charge < -0.3 is 15.0 Å². The highest BCUT2D eigenvalue weighted by molar-refractivity contribution is 5.92. The standard InChI is InChI=1S/C19H24N2O4/c1-4-17(22)21-11-9-14(10-12-21)19(24)25-16-7-5-15(6-8-16)20-18(23)13(2)3/h4-8,13-14H,1,9-12H2,2-3H3,(H,20,23). The molecule has 0 unspecified atom stereocenters. The van der Waals surface area contributed by atoms with Crippen LogP contribution >= 0.6 is 0 Å². The molecule has 1 aromatic carbocycles. The summed E-state index contributed by atoms with van der Waals surface area (Å²) in [7, 11) is 0. The number of esters is 1. The third-order valence-corrected chi connectivity index (χ3v) is 4.18. The molecule has 1 heterocycles. The van der Waals surface area contributed by atoms with Crippen molar-refractivity contribution in [2.24, 2.45) is 11.8 Å². The van der Waals surface area contributed by atoms with Crippen molar-refractivity contribution in [2.45, 2.75) is 26.7 Å². The quantitative estimate of drug-likeness (QED) is 0.506. The first-order valence-electron chi connectivity index (χ1n) is 8.44. The highest BCUT2D eigenvalue weighted by Gasteiger charge is 2.27. The van der Waals surface area contributed by atoms with Crippen molar-refractivity contribution in [1.29, 1.82) is 0 Å². The van der Waals surface area contributed by atoms with E-state index in [0.717, 1.165) is 0 Å². The number of hydrogen-bond donors (Lipinski definition) is 1. The molecule has 0 saturated carbocycles. The lowest BCUT2D eigenvalue weighted by molar-refractivity contribution is -0.142. The van der Waals surface area contributed by atoms with Gasteiger partial charge in [-0.25, -0.2) is 0 Å². The molecule has 0 atom stereocenters. The molecule has 1 aromatic rings. The number of benzene rings is 1. The third kappa shape index (κ3) is 5.17. The summed E-state index contributed by atoms with van der Waals surface area (Å²) >= 11 is 0. The molecule has 0 spiro atoms. The molecule has 134 valence electrons. The maximum atomic E-state index is 12.3. The molecule has 6 nitrogen and oxygen atoms in total. The van der Waals surface area contributed by atoms with Crippen LogP contribution in [0.3, 0.4) is 0 Å². The van der Waals surface area contributed by atoms with Gasteiger partial charge in [0.25, 0.3) is 0 Å². The van der Waals surface area contributed by atoms with E-state index >= 15 is 0 Å². The number of amides is 2. The number of hydrogen-bond acceptors (Lipinski definition) is 4. The molecule has 0 bridgehead atoms. The fourth-order valence-electron chi connectivity index (χ4n) is 2.56. The van der Waals surface area contributed by atoms with Crippen molar-refractivity contribution in [3.8, 4) is 5.75 Å². The number of nitrogens with one attached hydrogen (secondary N) is 1. The second-order valence-electron chi connectivity index (χ2n) is 6.39. The zero-order chi connectivity index (χ0) is 18.4. The molecule has 1 aliphatic heterocycles. The van der Waals surface area contributed by atoms with Gasteiger partial charge in [0.05, 0.1) is 5.92 Å². The largest absolute Gasteiger partial charge is 0.426 e. The lowest BCUT2D eigenvalue weighted by Gasteiger charge is -2.30. The minimum absolute atomic E-state index is 0.0643. The van der Waals surface area contributed by atoms with E-state index in [1.807, 2.05) is 13.8 Å². The van der Waals surface area contributed by atoms with Gasteiger partial charge >= 0.3 is 5.97 Å². The Balaban J connectivity index is 1.86. The predicted octanol–water partition coefficient (Wildman–Crippen LogP) is 2.61. The second kappa shape index (κ2) is 8.46. The lowest BCUT2D eigenvalue weighted by Crippen LogP contribution is -2.40. The molecule has 2 amide bonds. The van der Waals surface area contributed by atoms with Crippen molar-refractivity contribution in [3.63, 3.8) is 0 Å². The molecule has 0 aromatic heterocycles. The first-order valence-corrected chi connectivity index (χ1v) is 8.44. The maximum Gasteiger partial charge on any atom is 0.314 e. The molecular weight excluding hydrogens is 320 g/mol. The summed E-state index contributed by atoms with van der Waals surface area (Å²) in [6.07, 6.45) is 2.46. The summed E-state index contributed by atoms with van der Waals surface area (Å²) in [4.78, 5) is 37.1. The van der Waals surface area contributed by atoms with Crippen molar-refractivity contribution in [3.05, 3.63) is 36.9 Å². The number of anilines is 1. The minimum atomic E-state index is -0.287. The summed E-state index contributed by atoms with van der Waals surface area (Å²) < 4.78 is 5.41. The van der Waals surface area contributed by atoms with Crippen LogP contribution < -0.4 is 10.1 Å². The van der Waals surface area contributed by atoms with Crippen molar-refractivity contribution in [1.82, 2.24) is 4.90 Å². The number of ether oxygens (including phenoxy) is 1. The Morgan fingerprint density at radius 3 is 2.32 bits per heavy atom. The van der Waals surface area contributed by atoms with Crippen LogP contribution in [-0.4, -0.2) is 35.8 Å². The molecule has 2 rings (SSSR count). The van der Waals surface area contributed by atoms with Crippen LogP contribution in [0.1, 0.15) is 26.7 Å². The smallest absolute Gasteiger partial charge is 0.314 e. The van der Waals surface area contributed by atoms with Crippen LogP contribution in [0.5, 0.6) is 5.75 Å². The Morgan fingerprint density at radius 1 is 1.20 bits per heavy atom. The van der Waals surface area contributed by atoms with Gasteiger partial charge in [0.1, 0.15) is 5.75 Å². The average Bonchev–Trinajstić information content (AvgIpc) is 2.62. The molecule has 0 radical (unpaired) electrons. The first kappa shape index (κ1) is 18.7. The van der Waals surface area contributed by atoms with Crippen LogP contribution in [0.25, 0.3) is 0 Å². The van der Waals surface area contributed by atoms with Gasteiger partial charge in [-0.05, 0) is 43.2 Å². The van der Waals surface area contributed by atoms with Crippen LogP contribution in [0.15, 0.2) is 36.9 Å². The monoisotopic (exact) mass is 344 g/mol. The third-order valence-electron chi connectivity index (χ3n) is 4.18. The number of piperidine rings is 1. The SMILES string of the molecule is C=CC(=O)N1CCC(C(=O)Oc2ccc(NC(=O)C(C)C)cc2)CC1. The number of likely N-dealkylation sites (tertiary alicyclic amines) is 1. The van der Waals surface area contributed by atoms with E-state index in [0.29, 0.717) is 37.4 Å². The fourth-order valence-corrected chi connectivity index (χ4v) is 2.56. The summed E-state index contributed by atoms with van der Waals surface area (Å²) in [5.41, 5.74) is 0.662. The van der Waals surface area contributed by atoms with Crippen LogP contribution in [-0.2, 0) is 14.4 Å². The van der Waals surface area contributed by atoms with E-state index in [4.69, 9.17) is 4.74 Å². The normalized spacial score (nSPS) is 14.9. The van der Waals surface area contributed by atoms with Crippen LogP contribution in [0.4, 0.5) is 5.69 Å². The molecule has 1 aliphatic rings. The minimum Gasteiger partial charge on any atom is -0.426 e. The zero-order valence-electron chi connectivity index (χ0n) is 14.7. The van der Waals surface area contributed by atoms with E-state index in [9.17, 15) is 14.4 Å². The van der Waals surface area contributed by atoms with Crippen LogP contribution in [0.2, 0.25) is 0 Å². The van der Waals surface area contributed by atoms with Gasteiger partial charge in [-0.3, -0.25) is 14.4 Å². The number of rotatable bonds is 5. The summed E-state index contributed by atoms with van der Waals surface area (Å²) in [5.74, 6) is -0.330. The van der Waals surface area contributed by atoms with Gasteiger partial charge in [0.15, 0.2) is 0 Å². The van der Waals surface area contributed by atoms with E-state index in [1.54, 1.807) is 29.2 Å². The summed E-state index contributed by atoms with van der Waals surface area (Å²) in [6.45, 7) is 8.17. The van der Waals surface area contributed by atoms with E-state index in [1.165, 1.54) is 6.08 Å². The Morgan fingerprint density at radius 2 is 1.80 bits per heavy atom. The van der Waals surface area contributed by atoms with Gasteiger partial charge in [0, 0.05) is 24.7 Å². The molecule has 1 saturated heterocycles. The lowest BCUT2D eigenvalue weighted by atomic mass is 9.97. The van der Waals surface area contributed by atoms with E-state index in [-0.39, 0.29) is 29.6 Å². The van der Waals surface area contributed by atoms with Crippen molar-refractivity contribution >= 4 is 23.5 Å². The fraction of sp³-hybridized carbons (Fsp3) is 0.421. The number of nitrogens with zero attached hydrogens (tertiary/aromatic N) is 1. The summed E-state index contributed by atoms with van der Waals surface area (Å²) in [5, 5.41) is 2.78. The van der Waals surface area contributed by atoms with Gasteiger partial charge in [0.2, 0.25) is 11.8 Å². The highest BCUT2D eigenvalue weighted by atomic mass is 16.5. The molecule has 1 fully saturated rings. The predicted molar refractivity (Wildman–Crippen MR) is 95.0 cm³/mol. The highest BCUT2D eigenvalue weighted by Crippen LogP contribution is 2.22. The second-order valence-corrected chi connectivity index (χ2v) is 6.39. The Bertz CT molecular complexity index is 644. The first-order chi connectivity index (χ1) is 11.9. The number of carbonyl (C=O) groups is 3. The van der Waals surface area contributed by atoms with Gasteiger partial charge in [-0.1, -0.05) is 20.4 Å². The molecule has 0 aliphatic carbocycles. The maximum absolute atomic E-state index is 12.3. The topological polar surface area (TPSA) is 75.7 Å². The van der Waals surface area contributed by atoms with E-state index in [2.05, 4.69) is 11.9 Å². The zero-order valence-corrected chi connectivity index (χ0v) is 14.7. The Hall–Kier alpha value is -2.63. The molecule has 25 heavy (non-hydrogen) atoms. The van der Waals surface area contributed by atoms with Crippen molar-refractivity contribution in [2.75, 3.05) is 18.4 Å². The Labute approximate surface area is 147 Å². The number of carbonyl (C=O) groups excluding carboxylic acids is 3. The Kier molecular flexibility index (Phi) is 6.33. The molecular formula is C19H24N2O4. The van der Waals surface area contributed by atoms with Gasteiger partial charge in [-0.15, -0.1) is 0 Å². The van der Waals surface area contributed by atoms with Gasteiger partial charge in [-0.2, -0.15) is 0 Å². The molecule has 1 N–H and O–H groups in total. The van der Waals surface area contributed by atoms with Crippen molar-refractivity contribution < 1.29 is 19.1 Å². The van der Waals surface area contributed by atoms with Crippen LogP contribution in [0, 0.1) is 11.8 Å². The average molecular weight is 344 g/mol. The molecule has 6 heteroatoms.